The van der Waals surface area contributed by atoms with Crippen molar-refractivity contribution < 1.29 is 9.18 Å². The number of nitrogens with two attached hydrogens (primary N) is 2. The Hall–Kier alpha value is -3.26. The molecule has 0 bridgehead atoms. The summed E-state index contributed by atoms with van der Waals surface area (Å²) < 4.78 is 14.5. The Morgan fingerprint density at radius 2 is 2.04 bits per heavy atom. The molecule has 0 unspecified atom stereocenters. The average Bonchev–Trinajstić information content (AvgIpc) is 3.08. The molecule has 0 saturated heterocycles. The number of halogens is 1. The van der Waals surface area contributed by atoms with Gasteiger partial charge in [-0.2, -0.15) is 0 Å². The maximum Gasteiger partial charge on any atom is 0.252 e. The number of fused-ring (bicyclic) bond motifs is 1. The lowest BCUT2D eigenvalue weighted by Crippen LogP contribution is -2.35. The topological polar surface area (TPSA) is 119 Å². The van der Waals surface area contributed by atoms with Gasteiger partial charge in [-0.3, -0.25) is 9.78 Å². The summed E-state index contributed by atoms with van der Waals surface area (Å²) in [6.07, 6.45) is 4.43. The van der Waals surface area contributed by atoms with Crippen LogP contribution in [0.2, 0.25) is 0 Å². The van der Waals surface area contributed by atoms with E-state index < -0.39 is 11.7 Å². The van der Waals surface area contributed by atoms with Gasteiger partial charge < -0.3 is 22.1 Å². The van der Waals surface area contributed by atoms with Gasteiger partial charge in [-0.25, -0.2) is 9.37 Å². The number of primary amides is 1. The van der Waals surface area contributed by atoms with E-state index in [9.17, 15) is 9.18 Å². The van der Waals surface area contributed by atoms with Gasteiger partial charge in [0.05, 0.1) is 11.1 Å². The molecule has 7 nitrogen and oxygen atoms in total. The monoisotopic (exact) mass is 380 g/mol. The Morgan fingerprint density at radius 1 is 1.18 bits per heavy atom. The van der Waals surface area contributed by atoms with Crippen LogP contribution in [0.4, 0.5) is 21.7 Å². The Kier molecular flexibility index (Phi) is 4.79. The molecule has 1 aromatic carbocycles. The molecule has 2 heterocycles. The number of nitrogens with zero attached hydrogens (tertiary/aromatic N) is 2. The summed E-state index contributed by atoms with van der Waals surface area (Å²) in [6.45, 7) is 0. The molecule has 1 amide bonds. The number of benzene rings is 1. The fourth-order valence-corrected chi connectivity index (χ4v) is 3.51. The summed E-state index contributed by atoms with van der Waals surface area (Å²) in [6, 6.07) is 10.3. The Labute approximate surface area is 161 Å². The number of pyridine rings is 2. The molecule has 1 aliphatic rings. The van der Waals surface area contributed by atoms with Crippen molar-refractivity contribution in [3.8, 4) is 0 Å². The molecule has 0 radical (unpaired) electrons. The number of aromatic nitrogens is 2. The summed E-state index contributed by atoms with van der Waals surface area (Å²) in [4.78, 5) is 20.4. The molecule has 28 heavy (non-hydrogen) atoms. The van der Waals surface area contributed by atoms with Gasteiger partial charge in [-0.05, 0) is 49.6 Å². The molecular weight excluding hydrogens is 359 g/mol. The predicted molar refractivity (Wildman–Crippen MR) is 107 cm³/mol. The minimum absolute atomic E-state index is 0.0231. The van der Waals surface area contributed by atoms with Crippen LogP contribution in [0.1, 0.15) is 29.6 Å². The van der Waals surface area contributed by atoms with Crippen LogP contribution < -0.4 is 22.1 Å². The first-order chi connectivity index (χ1) is 13.5. The predicted octanol–water partition coefficient (Wildman–Crippen LogP) is 2.90. The van der Waals surface area contributed by atoms with Gasteiger partial charge in [0.2, 0.25) is 0 Å². The summed E-state index contributed by atoms with van der Waals surface area (Å²) in [5.41, 5.74) is 13.0. The van der Waals surface area contributed by atoms with Gasteiger partial charge in [0.15, 0.2) is 11.6 Å². The van der Waals surface area contributed by atoms with Gasteiger partial charge >= 0.3 is 0 Å². The zero-order chi connectivity index (χ0) is 19.7. The maximum atomic E-state index is 14.5. The van der Waals surface area contributed by atoms with E-state index in [1.807, 2.05) is 30.3 Å². The van der Waals surface area contributed by atoms with Gasteiger partial charge in [0, 0.05) is 29.4 Å². The normalized spacial score (nSPS) is 18.9. The second kappa shape index (κ2) is 7.40. The van der Waals surface area contributed by atoms with Crippen LogP contribution in [0.25, 0.3) is 10.9 Å². The smallest absolute Gasteiger partial charge is 0.252 e. The van der Waals surface area contributed by atoms with E-state index >= 15 is 0 Å². The molecule has 3 aromatic rings. The molecule has 0 aliphatic heterocycles. The largest absolute Gasteiger partial charge is 0.365 e. The molecule has 1 aliphatic carbocycles. The third-order valence-corrected chi connectivity index (χ3v) is 5.00. The number of anilines is 3. The first-order valence-corrected chi connectivity index (χ1v) is 9.15. The Balaban J connectivity index is 1.68. The number of hydrogen-bond acceptors (Lipinski definition) is 6. The highest BCUT2D eigenvalue weighted by Gasteiger charge is 2.26. The van der Waals surface area contributed by atoms with Crippen molar-refractivity contribution in [1.82, 2.24) is 9.97 Å². The first kappa shape index (κ1) is 18.1. The second-order valence-corrected chi connectivity index (χ2v) is 6.96. The van der Waals surface area contributed by atoms with Crippen molar-refractivity contribution >= 4 is 34.1 Å². The number of hydrogen-bond donors (Lipinski definition) is 4. The van der Waals surface area contributed by atoms with Gasteiger partial charge in [-0.15, -0.1) is 0 Å². The summed E-state index contributed by atoms with van der Waals surface area (Å²) in [7, 11) is 0. The SMILES string of the molecule is NC(=O)c1cc(F)c(N[C@@H]2CCC[C@@H]2N)nc1Nc1ccc2ncccc2c1. The van der Waals surface area contributed by atoms with Crippen LogP contribution in [-0.4, -0.2) is 28.0 Å². The first-order valence-electron chi connectivity index (χ1n) is 9.15. The average molecular weight is 380 g/mol. The van der Waals surface area contributed by atoms with Crippen molar-refractivity contribution in [2.24, 2.45) is 11.5 Å². The van der Waals surface area contributed by atoms with Crippen LogP contribution in [0.15, 0.2) is 42.6 Å². The van der Waals surface area contributed by atoms with Gasteiger partial charge in [0.1, 0.15) is 5.82 Å². The Bertz CT molecular complexity index is 1040. The minimum atomic E-state index is -0.763. The third-order valence-electron chi connectivity index (χ3n) is 5.00. The van der Waals surface area contributed by atoms with Crippen LogP contribution in [0.3, 0.4) is 0 Å². The molecule has 1 saturated carbocycles. The molecule has 6 N–H and O–H groups in total. The van der Waals surface area contributed by atoms with E-state index in [-0.39, 0.29) is 29.3 Å². The molecule has 2 atom stereocenters. The molecule has 8 heteroatoms. The number of rotatable bonds is 5. The molecule has 0 spiro atoms. The Morgan fingerprint density at radius 3 is 2.79 bits per heavy atom. The van der Waals surface area contributed by atoms with Crippen LogP contribution >= 0.6 is 0 Å². The van der Waals surface area contributed by atoms with E-state index in [0.29, 0.717) is 5.69 Å². The fourth-order valence-electron chi connectivity index (χ4n) is 3.51. The molecule has 1 fully saturated rings. The van der Waals surface area contributed by atoms with E-state index in [1.165, 1.54) is 0 Å². The number of carbonyl (C=O) groups is 1. The summed E-state index contributed by atoms with van der Waals surface area (Å²) in [5.74, 6) is -1.16. The third kappa shape index (κ3) is 3.59. The van der Waals surface area contributed by atoms with E-state index in [0.717, 1.165) is 36.2 Å². The molecule has 4 rings (SSSR count). The van der Waals surface area contributed by atoms with Crippen molar-refractivity contribution in [3.63, 3.8) is 0 Å². The minimum Gasteiger partial charge on any atom is -0.365 e. The highest BCUT2D eigenvalue weighted by molar-refractivity contribution is 5.99. The molecule has 144 valence electrons. The fraction of sp³-hybridized carbons (Fsp3) is 0.250. The lowest BCUT2D eigenvalue weighted by molar-refractivity contribution is 0.100. The molecular formula is C20H21FN6O. The summed E-state index contributed by atoms with van der Waals surface area (Å²) >= 11 is 0. The number of nitrogens with one attached hydrogen (secondary N) is 2. The zero-order valence-electron chi connectivity index (χ0n) is 15.2. The highest BCUT2D eigenvalue weighted by Crippen LogP contribution is 2.28. The van der Waals surface area contributed by atoms with Crippen molar-refractivity contribution in [2.45, 2.75) is 31.3 Å². The lowest BCUT2D eigenvalue weighted by Gasteiger charge is -2.20. The lowest BCUT2D eigenvalue weighted by atomic mass is 10.1. The van der Waals surface area contributed by atoms with Crippen molar-refractivity contribution in [2.75, 3.05) is 10.6 Å². The summed E-state index contributed by atoms with van der Waals surface area (Å²) in [5, 5.41) is 7.06. The van der Waals surface area contributed by atoms with Crippen LogP contribution in [0, 0.1) is 5.82 Å². The van der Waals surface area contributed by atoms with Crippen molar-refractivity contribution in [1.29, 1.82) is 0 Å². The number of amides is 1. The quantitative estimate of drug-likeness (QED) is 0.540. The maximum absolute atomic E-state index is 14.5. The van der Waals surface area contributed by atoms with Gasteiger partial charge in [0.25, 0.3) is 5.91 Å². The zero-order valence-corrected chi connectivity index (χ0v) is 15.2. The van der Waals surface area contributed by atoms with Crippen LogP contribution in [-0.2, 0) is 0 Å². The number of carbonyl (C=O) groups excluding carboxylic acids is 1. The van der Waals surface area contributed by atoms with Gasteiger partial charge in [-0.1, -0.05) is 6.07 Å². The highest BCUT2D eigenvalue weighted by atomic mass is 19.1. The second-order valence-electron chi connectivity index (χ2n) is 6.96. The van der Waals surface area contributed by atoms with Crippen LogP contribution in [0.5, 0.6) is 0 Å². The molecule has 2 aromatic heterocycles. The van der Waals surface area contributed by atoms with E-state index in [1.54, 1.807) is 6.20 Å². The van der Waals surface area contributed by atoms with E-state index in [4.69, 9.17) is 11.5 Å². The van der Waals surface area contributed by atoms with Crippen molar-refractivity contribution in [3.05, 3.63) is 54.0 Å². The van der Waals surface area contributed by atoms with E-state index in [2.05, 4.69) is 20.6 Å². The standard InChI is InChI=1S/C20H21FN6O/c21-14-10-13(18(23)28)19(27-20(14)26-17-5-1-4-15(17)22)25-12-6-7-16-11(9-12)3-2-8-24-16/h2-3,6-10,15,17H,1,4-5,22H2,(H2,23,28)(H2,25,26,27)/t15-,17+/m0/s1.